The van der Waals surface area contributed by atoms with Gasteiger partial charge in [0.1, 0.15) is 19.0 Å². The van der Waals surface area contributed by atoms with E-state index in [9.17, 15) is 9.59 Å². The normalized spacial score (nSPS) is 12.4. The topological polar surface area (TPSA) is 71.1 Å². The first-order chi connectivity index (χ1) is 12.2. The van der Waals surface area contributed by atoms with Gasteiger partial charge in [-0.25, -0.2) is 4.79 Å². The highest BCUT2D eigenvalue weighted by Gasteiger charge is 2.13. The Balaban J connectivity index is 1.53. The Morgan fingerprint density at radius 1 is 1.04 bits per heavy atom. The summed E-state index contributed by atoms with van der Waals surface area (Å²) in [4.78, 5) is 24.2. The number of ether oxygens (including phenoxy) is 4. The molecule has 0 aromatic heterocycles. The van der Waals surface area contributed by atoms with Crippen molar-refractivity contribution in [3.63, 3.8) is 0 Å². The average Bonchev–Trinajstić information content (AvgIpc) is 2.66. The van der Waals surface area contributed by atoms with Crippen LogP contribution < -0.4 is 14.2 Å². The Bertz CT molecular complexity index is 772. The van der Waals surface area contributed by atoms with Crippen molar-refractivity contribution in [2.75, 3.05) is 26.1 Å². The quantitative estimate of drug-likeness (QED) is 0.461. The van der Waals surface area contributed by atoms with E-state index in [0.29, 0.717) is 36.0 Å². The van der Waals surface area contributed by atoms with Crippen LogP contribution in [-0.4, -0.2) is 38.0 Å². The fourth-order valence-corrected chi connectivity index (χ4v) is 2.89. The number of hydrogen-bond acceptors (Lipinski definition) is 7. The Kier molecular flexibility index (Phi) is 5.45. The SMILES string of the molecule is COC(=O)c1ccc(OC(=O)CSc2ccc3c(c2)OCCO3)cc1. The molecule has 2 aromatic carbocycles. The van der Waals surface area contributed by atoms with Gasteiger partial charge in [-0.3, -0.25) is 4.79 Å². The van der Waals surface area contributed by atoms with Crippen molar-refractivity contribution >= 4 is 23.7 Å². The number of esters is 2. The van der Waals surface area contributed by atoms with Crippen molar-refractivity contribution in [3.8, 4) is 17.2 Å². The highest BCUT2D eigenvalue weighted by atomic mass is 32.2. The van der Waals surface area contributed by atoms with Gasteiger partial charge in [0.2, 0.25) is 0 Å². The summed E-state index contributed by atoms with van der Waals surface area (Å²) < 4.78 is 20.8. The van der Waals surface area contributed by atoms with Crippen LogP contribution in [0.4, 0.5) is 0 Å². The molecule has 0 saturated carbocycles. The number of hydrogen-bond donors (Lipinski definition) is 0. The summed E-state index contributed by atoms with van der Waals surface area (Å²) in [5, 5.41) is 0. The molecule has 3 rings (SSSR count). The fourth-order valence-electron chi connectivity index (χ4n) is 2.19. The summed E-state index contributed by atoms with van der Waals surface area (Å²) in [5.41, 5.74) is 0.396. The monoisotopic (exact) mass is 360 g/mol. The molecule has 6 nitrogen and oxygen atoms in total. The van der Waals surface area contributed by atoms with Crippen LogP contribution in [0.1, 0.15) is 10.4 Å². The van der Waals surface area contributed by atoms with Gasteiger partial charge in [-0.2, -0.15) is 0 Å². The minimum absolute atomic E-state index is 0.151. The van der Waals surface area contributed by atoms with Gasteiger partial charge < -0.3 is 18.9 Å². The van der Waals surface area contributed by atoms with E-state index in [0.717, 1.165) is 4.90 Å². The number of methoxy groups -OCH3 is 1. The van der Waals surface area contributed by atoms with Gasteiger partial charge in [0, 0.05) is 4.90 Å². The maximum absolute atomic E-state index is 12.0. The molecule has 1 aliphatic rings. The lowest BCUT2D eigenvalue weighted by Gasteiger charge is -2.18. The lowest BCUT2D eigenvalue weighted by molar-refractivity contribution is -0.131. The van der Waals surface area contributed by atoms with Crippen molar-refractivity contribution in [1.29, 1.82) is 0 Å². The second-order valence-corrected chi connectivity index (χ2v) is 6.13. The fraction of sp³-hybridized carbons (Fsp3) is 0.222. The van der Waals surface area contributed by atoms with Crippen LogP contribution in [0.25, 0.3) is 0 Å². The van der Waals surface area contributed by atoms with E-state index < -0.39 is 5.97 Å². The second kappa shape index (κ2) is 7.94. The largest absolute Gasteiger partial charge is 0.486 e. The molecule has 1 heterocycles. The molecule has 0 unspecified atom stereocenters. The van der Waals surface area contributed by atoms with Gasteiger partial charge in [-0.15, -0.1) is 11.8 Å². The summed E-state index contributed by atoms with van der Waals surface area (Å²) in [5.74, 6) is 1.10. The molecule has 130 valence electrons. The van der Waals surface area contributed by atoms with Crippen LogP contribution in [0.3, 0.4) is 0 Å². The van der Waals surface area contributed by atoms with E-state index in [1.807, 2.05) is 18.2 Å². The summed E-state index contributed by atoms with van der Waals surface area (Å²) in [6.45, 7) is 1.06. The zero-order valence-corrected chi connectivity index (χ0v) is 14.3. The molecular formula is C18H16O6S. The standard InChI is InChI=1S/C18H16O6S/c1-21-18(20)12-2-4-13(5-3-12)24-17(19)11-25-14-6-7-15-16(10-14)23-9-8-22-15/h2-7,10H,8-9,11H2,1H3. The van der Waals surface area contributed by atoms with Gasteiger partial charge in [0.05, 0.1) is 18.4 Å². The van der Waals surface area contributed by atoms with Crippen molar-refractivity contribution in [3.05, 3.63) is 48.0 Å². The third-order valence-corrected chi connectivity index (χ3v) is 4.34. The molecule has 0 atom stereocenters. The molecule has 0 spiro atoms. The third-order valence-electron chi connectivity index (χ3n) is 3.38. The van der Waals surface area contributed by atoms with Crippen molar-refractivity contribution < 1.29 is 28.5 Å². The molecular weight excluding hydrogens is 344 g/mol. The van der Waals surface area contributed by atoms with Gasteiger partial charge in [0.15, 0.2) is 11.5 Å². The Labute approximate surface area is 149 Å². The van der Waals surface area contributed by atoms with Crippen molar-refractivity contribution in [1.82, 2.24) is 0 Å². The number of thioether (sulfide) groups is 1. The van der Waals surface area contributed by atoms with Crippen LogP contribution in [-0.2, 0) is 9.53 Å². The molecule has 7 heteroatoms. The summed E-state index contributed by atoms with van der Waals surface area (Å²) in [7, 11) is 1.31. The number of rotatable bonds is 5. The summed E-state index contributed by atoms with van der Waals surface area (Å²) >= 11 is 1.35. The Morgan fingerprint density at radius 2 is 1.76 bits per heavy atom. The Hall–Kier alpha value is -2.67. The minimum atomic E-state index is -0.438. The number of benzene rings is 2. The smallest absolute Gasteiger partial charge is 0.337 e. The van der Waals surface area contributed by atoms with E-state index >= 15 is 0 Å². The predicted octanol–water partition coefficient (Wildman–Crippen LogP) is 2.94. The van der Waals surface area contributed by atoms with E-state index in [1.165, 1.54) is 18.9 Å². The molecule has 2 aromatic rings. The highest BCUT2D eigenvalue weighted by Crippen LogP contribution is 2.34. The maximum atomic E-state index is 12.0. The predicted molar refractivity (Wildman–Crippen MR) is 91.6 cm³/mol. The zero-order chi connectivity index (χ0) is 17.6. The van der Waals surface area contributed by atoms with Crippen LogP contribution in [0.15, 0.2) is 47.4 Å². The molecule has 0 amide bonds. The molecule has 1 aliphatic heterocycles. The van der Waals surface area contributed by atoms with E-state index in [2.05, 4.69) is 4.74 Å². The minimum Gasteiger partial charge on any atom is -0.486 e. The van der Waals surface area contributed by atoms with Gasteiger partial charge in [-0.05, 0) is 42.5 Å². The lowest BCUT2D eigenvalue weighted by atomic mass is 10.2. The Morgan fingerprint density at radius 3 is 2.48 bits per heavy atom. The van der Waals surface area contributed by atoms with Gasteiger partial charge >= 0.3 is 11.9 Å². The first kappa shape index (κ1) is 17.2. The molecule has 0 radical (unpaired) electrons. The molecule has 25 heavy (non-hydrogen) atoms. The zero-order valence-electron chi connectivity index (χ0n) is 13.5. The second-order valence-electron chi connectivity index (χ2n) is 5.08. The molecule has 0 N–H and O–H groups in total. The van der Waals surface area contributed by atoms with Crippen LogP contribution >= 0.6 is 11.8 Å². The first-order valence-electron chi connectivity index (χ1n) is 7.57. The summed E-state index contributed by atoms with van der Waals surface area (Å²) in [6.07, 6.45) is 0. The first-order valence-corrected chi connectivity index (χ1v) is 8.56. The molecule has 0 saturated heterocycles. The van der Waals surface area contributed by atoms with Gasteiger partial charge in [-0.1, -0.05) is 0 Å². The molecule has 0 bridgehead atoms. The van der Waals surface area contributed by atoms with Crippen LogP contribution in [0.5, 0.6) is 17.2 Å². The van der Waals surface area contributed by atoms with Crippen LogP contribution in [0, 0.1) is 0 Å². The maximum Gasteiger partial charge on any atom is 0.337 e. The number of carbonyl (C=O) groups is 2. The third kappa shape index (κ3) is 4.45. The number of carbonyl (C=O) groups excluding carboxylic acids is 2. The van der Waals surface area contributed by atoms with E-state index in [-0.39, 0.29) is 11.7 Å². The summed E-state index contributed by atoms with van der Waals surface area (Å²) in [6, 6.07) is 11.7. The average molecular weight is 360 g/mol. The van der Waals surface area contributed by atoms with Crippen LogP contribution in [0.2, 0.25) is 0 Å². The molecule has 0 aliphatic carbocycles. The van der Waals surface area contributed by atoms with Crippen molar-refractivity contribution in [2.45, 2.75) is 4.90 Å². The highest BCUT2D eigenvalue weighted by molar-refractivity contribution is 8.00. The lowest BCUT2D eigenvalue weighted by Crippen LogP contribution is -2.15. The van der Waals surface area contributed by atoms with Crippen molar-refractivity contribution in [2.24, 2.45) is 0 Å². The molecule has 0 fully saturated rings. The number of fused-ring (bicyclic) bond motifs is 1. The van der Waals surface area contributed by atoms with E-state index in [4.69, 9.17) is 14.2 Å². The van der Waals surface area contributed by atoms with Gasteiger partial charge in [0.25, 0.3) is 0 Å². The van der Waals surface area contributed by atoms with E-state index in [1.54, 1.807) is 24.3 Å².